The van der Waals surface area contributed by atoms with E-state index in [1.165, 1.54) is 30.0 Å². The molecule has 0 N–H and O–H groups in total. The van der Waals surface area contributed by atoms with Gasteiger partial charge in [-0.2, -0.15) is 0 Å². The summed E-state index contributed by atoms with van der Waals surface area (Å²) in [6, 6.07) is 10.3. The zero-order chi connectivity index (χ0) is 12.3. The molecule has 1 aromatic carbocycles. The van der Waals surface area contributed by atoms with Crippen molar-refractivity contribution in [2.75, 3.05) is 0 Å². The zero-order valence-electron chi connectivity index (χ0n) is 10.9. The van der Waals surface area contributed by atoms with Crippen LogP contribution in [0.15, 0.2) is 52.8 Å². The van der Waals surface area contributed by atoms with Crippen molar-refractivity contribution in [3.8, 4) is 0 Å². The van der Waals surface area contributed by atoms with Crippen LogP contribution >= 0.6 is 0 Å². The summed E-state index contributed by atoms with van der Waals surface area (Å²) < 4.78 is 1.71. The van der Waals surface area contributed by atoms with Crippen LogP contribution in [0.2, 0.25) is 5.13 Å². The van der Waals surface area contributed by atoms with Gasteiger partial charge in [-0.1, -0.05) is 35.9 Å². The maximum atomic E-state index is 2.30. The molecule has 0 spiro atoms. The molecule has 0 fully saturated rings. The van der Waals surface area contributed by atoms with E-state index in [0.29, 0.717) is 16.3 Å². The number of allylic oxidation sites excluding steroid dienone is 4. The van der Waals surface area contributed by atoms with Gasteiger partial charge in [-0.05, 0) is 6.92 Å². The molecule has 1 aliphatic rings. The molecule has 0 saturated heterocycles. The summed E-state index contributed by atoms with van der Waals surface area (Å²) >= 11 is 0.547. The van der Waals surface area contributed by atoms with Crippen molar-refractivity contribution < 1.29 is 16.3 Å². The number of aryl methyl sites for hydroxylation is 1. The van der Waals surface area contributed by atoms with Crippen LogP contribution in [0.25, 0.3) is 0 Å². The largest absolute Gasteiger partial charge is 0.0622 e. The molecule has 91 valence electrons. The zero-order valence-corrected chi connectivity index (χ0v) is 12.3. The second kappa shape index (κ2) is 9.33. The Balaban J connectivity index is 0.000000181. The number of benzene rings is 1. The molecular formula is C16H22V. The third-order valence-corrected chi connectivity index (χ3v) is 4.51. The van der Waals surface area contributed by atoms with Crippen LogP contribution in [0, 0.1) is 6.92 Å². The Morgan fingerprint density at radius 2 is 1.94 bits per heavy atom. The summed E-state index contributed by atoms with van der Waals surface area (Å²) in [6.45, 7) is 4.35. The monoisotopic (exact) mass is 265 g/mol. The normalized spacial score (nSPS) is 12.7. The minimum absolute atomic E-state index is 0.547. The summed E-state index contributed by atoms with van der Waals surface area (Å²) in [4.78, 5) is 0. The van der Waals surface area contributed by atoms with E-state index in [1.54, 1.807) is 4.28 Å². The second-order valence-electron chi connectivity index (χ2n) is 4.18. The van der Waals surface area contributed by atoms with Gasteiger partial charge in [0.25, 0.3) is 0 Å². The van der Waals surface area contributed by atoms with Crippen LogP contribution in [0.5, 0.6) is 0 Å². The standard InChI is InChI=1S/C7H8.C5H5.C4H9.V/c1-7-5-3-2-4-6-7;1-2-4-5-3-1;1-3-4-2;/h2-6H,1H3;1-3H,4H2;1,3-4H2,2H3;. The molecule has 17 heavy (non-hydrogen) atoms. The second-order valence-corrected chi connectivity index (χ2v) is 6.27. The van der Waals surface area contributed by atoms with E-state index in [4.69, 9.17) is 0 Å². The minimum atomic E-state index is 0.547. The van der Waals surface area contributed by atoms with E-state index in [1.807, 2.05) is 18.2 Å². The molecule has 0 bridgehead atoms. The van der Waals surface area contributed by atoms with Crippen LogP contribution in [0.4, 0.5) is 0 Å². The SMILES string of the molecule is CCC[CH2][V][C]1=CC=CC1.Cc1ccccc1. The molecule has 0 nitrogen and oxygen atoms in total. The van der Waals surface area contributed by atoms with E-state index in [0.717, 1.165) is 0 Å². The molecule has 0 atom stereocenters. The third kappa shape index (κ3) is 7.25. The van der Waals surface area contributed by atoms with Crippen LogP contribution < -0.4 is 0 Å². The van der Waals surface area contributed by atoms with Crippen molar-refractivity contribution in [2.24, 2.45) is 0 Å². The van der Waals surface area contributed by atoms with Crippen molar-refractivity contribution in [1.82, 2.24) is 0 Å². The Bertz CT molecular complexity index is 349. The van der Waals surface area contributed by atoms with E-state index in [-0.39, 0.29) is 0 Å². The van der Waals surface area contributed by atoms with Gasteiger partial charge < -0.3 is 0 Å². The van der Waals surface area contributed by atoms with Gasteiger partial charge in [0, 0.05) is 0 Å². The average molecular weight is 265 g/mol. The fourth-order valence-corrected chi connectivity index (χ4v) is 3.32. The molecule has 1 aromatic rings. The van der Waals surface area contributed by atoms with Gasteiger partial charge in [0.2, 0.25) is 0 Å². The van der Waals surface area contributed by atoms with E-state index < -0.39 is 0 Å². The van der Waals surface area contributed by atoms with Crippen molar-refractivity contribution in [2.45, 2.75) is 38.2 Å². The van der Waals surface area contributed by atoms with Crippen LogP contribution in [-0.2, 0) is 16.3 Å². The van der Waals surface area contributed by atoms with Gasteiger partial charge in [-0.25, -0.2) is 0 Å². The predicted molar refractivity (Wildman–Crippen MR) is 72.7 cm³/mol. The minimum Gasteiger partial charge on any atom is -0.0622 e. The predicted octanol–water partition coefficient (Wildman–Crippen LogP) is 5.13. The molecule has 0 saturated carbocycles. The summed E-state index contributed by atoms with van der Waals surface area (Å²) in [6.07, 6.45) is 10.8. The molecule has 1 aliphatic carbocycles. The van der Waals surface area contributed by atoms with Gasteiger partial charge in [0.15, 0.2) is 0 Å². The summed E-state index contributed by atoms with van der Waals surface area (Å²) in [5.41, 5.74) is 1.32. The fourth-order valence-electron chi connectivity index (χ4n) is 1.47. The molecule has 0 unspecified atom stereocenters. The number of unbranched alkanes of at least 4 members (excludes halogenated alkanes) is 1. The number of hydrogen-bond acceptors (Lipinski definition) is 0. The molecule has 0 amide bonds. The van der Waals surface area contributed by atoms with Gasteiger partial charge in [0.1, 0.15) is 0 Å². The first-order chi connectivity index (χ1) is 8.33. The summed E-state index contributed by atoms with van der Waals surface area (Å²) in [5, 5.41) is 1.47. The van der Waals surface area contributed by atoms with Crippen LogP contribution in [0.1, 0.15) is 31.7 Å². The molecule has 0 radical (unpaired) electrons. The molecule has 1 heteroatoms. The Hall–Kier alpha value is -0.716. The first-order valence-electron chi connectivity index (χ1n) is 6.37. The quantitative estimate of drug-likeness (QED) is 0.662. The maximum Gasteiger partial charge on any atom is -0.0398 e. The van der Waals surface area contributed by atoms with Gasteiger partial charge in [0.05, 0.1) is 0 Å². The maximum absolute atomic E-state index is 2.30. The molecular weight excluding hydrogens is 243 g/mol. The van der Waals surface area contributed by atoms with Crippen molar-refractivity contribution >= 4 is 0 Å². The van der Waals surface area contributed by atoms with Crippen LogP contribution in [0.3, 0.4) is 0 Å². The van der Waals surface area contributed by atoms with Gasteiger partial charge in [-0.3, -0.25) is 0 Å². The first-order valence-corrected chi connectivity index (χ1v) is 8.06. The van der Waals surface area contributed by atoms with E-state index in [9.17, 15) is 0 Å². The Morgan fingerprint density at radius 1 is 1.18 bits per heavy atom. The molecule has 2 rings (SSSR count). The molecule has 0 heterocycles. The fraction of sp³-hybridized carbons (Fsp3) is 0.375. The van der Waals surface area contributed by atoms with Crippen LogP contribution in [-0.4, -0.2) is 0 Å². The van der Waals surface area contributed by atoms with E-state index in [2.05, 4.69) is 44.2 Å². The van der Waals surface area contributed by atoms with Crippen molar-refractivity contribution in [3.63, 3.8) is 0 Å². The average Bonchev–Trinajstić information content (AvgIpc) is 2.84. The van der Waals surface area contributed by atoms with Crippen molar-refractivity contribution in [3.05, 3.63) is 58.4 Å². The van der Waals surface area contributed by atoms with Gasteiger partial charge >= 0.3 is 70.1 Å². The van der Waals surface area contributed by atoms with E-state index >= 15 is 0 Å². The van der Waals surface area contributed by atoms with Gasteiger partial charge in [-0.15, -0.1) is 0 Å². The summed E-state index contributed by atoms with van der Waals surface area (Å²) in [5.74, 6) is 0. The molecule has 0 aliphatic heterocycles. The van der Waals surface area contributed by atoms with Crippen molar-refractivity contribution in [1.29, 1.82) is 0 Å². The Kier molecular flexibility index (Phi) is 7.87. The smallest absolute Gasteiger partial charge is 0.0398 e. The third-order valence-electron chi connectivity index (χ3n) is 2.52. The topological polar surface area (TPSA) is 0 Å². The number of hydrogen-bond donors (Lipinski definition) is 0. The summed E-state index contributed by atoms with van der Waals surface area (Å²) in [7, 11) is 0. The Labute approximate surface area is 113 Å². The number of rotatable bonds is 4. The first kappa shape index (κ1) is 14.3. The Morgan fingerprint density at radius 3 is 2.41 bits per heavy atom. The molecule has 0 aromatic heterocycles.